The molecule has 5 aliphatic rings. The van der Waals surface area contributed by atoms with Crippen LogP contribution < -0.4 is 0 Å². The molecule has 1 heterocycles. The summed E-state index contributed by atoms with van der Waals surface area (Å²) in [4.78, 5) is 0. The summed E-state index contributed by atoms with van der Waals surface area (Å²) < 4.78 is 18.5. The van der Waals surface area contributed by atoms with Crippen LogP contribution in [0.15, 0.2) is 23.3 Å². The van der Waals surface area contributed by atoms with E-state index in [0.717, 1.165) is 44.9 Å². The highest BCUT2D eigenvalue weighted by Crippen LogP contribution is 2.75. The third-order valence-electron chi connectivity index (χ3n) is 13.6. The maximum Gasteiger partial charge on any atom is 0.186 e. The first-order chi connectivity index (χ1) is 20.0. The van der Waals surface area contributed by atoms with Gasteiger partial charge < -0.3 is 34.6 Å². The number of fused-ring (bicyclic) bond motifs is 5. The van der Waals surface area contributed by atoms with Gasteiger partial charge in [-0.3, -0.25) is 0 Å². The molecule has 1 aliphatic heterocycles. The fourth-order valence-electron chi connectivity index (χ4n) is 11.2. The molecular formula is C36H60O7. The summed E-state index contributed by atoms with van der Waals surface area (Å²) in [6, 6.07) is 0. The van der Waals surface area contributed by atoms with E-state index in [9.17, 15) is 20.4 Å². The Kier molecular flexibility index (Phi) is 9.19. The van der Waals surface area contributed by atoms with Crippen molar-refractivity contribution in [2.45, 2.75) is 143 Å². The fourth-order valence-corrected chi connectivity index (χ4v) is 11.2. The summed E-state index contributed by atoms with van der Waals surface area (Å²) in [6.45, 7) is 18.5. The number of allylic oxidation sites excluding steroid dienone is 2. The molecule has 5 rings (SSSR count). The van der Waals surface area contributed by atoms with Crippen LogP contribution in [0, 0.1) is 45.3 Å². The zero-order valence-electron chi connectivity index (χ0n) is 28.2. The first kappa shape index (κ1) is 33.6. The molecule has 0 spiro atoms. The van der Waals surface area contributed by atoms with E-state index >= 15 is 0 Å². The Morgan fingerprint density at radius 1 is 1.00 bits per heavy atom. The smallest absolute Gasteiger partial charge is 0.186 e. The number of hydrogen-bond acceptors (Lipinski definition) is 7. The summed E-state index contributed by atoms with van der Waals surface area (Å²) in [5, 5.41) is 42.5. The van der Waals surface area contributed by atoms with Gasteiger partial charge in [0.05, 0.1) is 24.9 Å². The van der Waals surface area contributed by atoms with E-state index in [1.54, 1.807) is 0 Å². The molecule has 0 amide bonds. The summed E-state index contributed by atoms with van der Waals surface area (Å²) in [7, 11) is 1.84. The summed E-state index contributed by atoms with van der Waals surface area (Å²) in [5.41, 5.74) is 2.36. The van der Waals surface area contributed by atoms with Crippen LogP contribution in [0.5, 0.6) is 0 Å². The predicted molar refractivity (Wildman–Crippen MR) is 167 cm³/mol. The maximum atomic E-state index is 11.8. The molecule has 0 aromatic rings. The van der Waals surface area contributed by atoms with E-state index in [2.05, 4.69) is 67.5 Å². The van der Waals surface area contributed by atoms with Crippen LogP contribution in [0.1, 0.15) is 100 Å². The lowest BCUT2D eigenvalue weighted by Gasteiger charge is -2.67. The van der Waals surface area contributed by atoms with Gasteiger partial charge in [-0.1, -0.05) is 64.8 Å². The Balaban J connectivity index is 1.45. The fraction of sp³-hybridized carbons (Fsp3) is 0.889. The molecule has 0 radical (unpaired) electrons. The van der Waals surface area contributed by atoms with Crippen molar-refractivity contribution < 1.29 is 34.6 Å². The van der Waals surface area contributed by atoms with Crippen molar-refractivity contribution >= 4 is 0 Å². The Hall–Kier alpha value is -0.800. The van der Waals surface area contributed by atoms with E-state index in [1.807, 2.05) is 7.11 Å². The van der Waals surface area contributed by atoms with Crippen molar-refractivity contribution in [3.8, 4) is 0 Å². The predicted octanol–water partition coefficient (Wildman–Crippen LogP) is 5.39. The van der Waals surface area contributed by atoms with Crippen molar-refractivity contribution in [3.63, 3.8) is 0 Å². The van der Waals surface area contributed by atoms with Crippen molar-refractivity contribution in [2.75, 3.05) is 13.7 Å². The highest BCUT2D eigenvalue weighted by atomic mass is 16.7. The van der Waals surface area contributed by atoms with Crippen LogP contribution in [-0.2, 0) is 14.2 Å². The van der Waals surface area contributed by atoms with Crippen molar-refractivity contribution in [3.05, 3.63) is 23.3 Å². The molecule has 0 aromatic heterocycles. The SMILES string of the molecule is COC1C=C2[C@H](CCC(O[C@@H]3OC[C@@H](O)[C@H](O)[C@H]3O)C2(C)C)[C@@]2(C)CC[C@]3(C)[C@@H]([C@H](C)CCC=C(C)C)[C@H](O)C[C@@]3(C)C12. The summed E-state index contributed by atoms with van der Waals surface area (Å²) >= 11 is 0. The third kappa shape index (κ3) is 5.21. The quantitative estimate of drug-likeness (QED) is 0.289. The number of aliphatic hydroxyl groups excluding tert-OH is 4. The largest absolute Gasteiger partial charge is 0.393 e. The molecule has 4 fully saturated rings. The lowest BCUT2D eigenvalue weighted by Crippen LogP contribution is -2.63. The van der Waals surface area contributed by atoms with Gasteiger partial charge in [0.2, 0.25) is 0 Å². The average molecular weight is 605 g/mol. The topological polar surface area (TPSA) is 109 Å². The second-order valence-corrected chi connectivity index (χ2v) is 16.5. The van der Waals surface area contributed by atoms with Crippen LogP contribution in [0.3, 0.4) is 0 Å². The lowest BCUT2D eigenvalue weighted by molar-refractivity contribution is -0.294. The molecular weight excluding hydrogens is 544 g/mol. The first-order valence-corrected chi connectivity index (χ1v) is 16.9. The van der Waals surface area contributed by atoms with Crippen LogP contribution in [0.4, 0.5) is 0 Å². The number of aliphatic hydroxyl groups is 4. The van der Waals surface area contributed by atoms with E-state index in [0.29, 0.717) is 11.8 Å². The molecule has 3 saturated carbocycles. The molecule has 246 valence electrons. The van der Waals surface area contributed by atoms with Gasteiger partial charge in [0, 0.05) is 18.4 Å². The molecule has 0 aromatic carbocycles. The highest BCUT2D eigenvalue weighted by molar-refractivity contribution is 5.33. The number of hydrogen-bond donors (Lipinski definition) is 4. The van der Waals surface area contributed by atoms with Crippen molar-refractivity contribution in [2.24, 2.45) is 45.3 Å². The summed E-state index contributed by atoms with van der Waals surface area (Å²) in [5.74, 6) is 1.37. The normalized spacial score (nSPS) is 49.7. The van der Waals surface area contributed by atoms with Gasteiger partial charge in [0.25, 0.3) is 0 Å². The maximum absolute atomic E-state index is 11.8. The Labute approximate surface area is 260 Å². The highest BCUT2D eigenvalue weighted by Gasteiger charge is 2.71. The van der Waals surface area contributed by atoms with E-state index in [4.69, 9.17) is 14.2 Å². The minimum Gasteiger partial charge on any atom is -0.393 e. The number of methoxy groups -OCH3 is 1. The average Bonchev–Trinajstić information content (AvgIpc) is 3.14. The molecule has 1 saturated heterocycles. The van der Waals surface area contributed by atoms with Crippen LogP contribution in [0.2, 0.25) is 0 Å². The molecule has 7 heteroatoms. The van der Waals surface area contributed by atoms with Crippen LogP contribution in [-0.4, -0.2) is 77.1 Å². The van der Waals surface area contributed by atoms with Gasteiger partial charge in [-0.15, -0.1) is 0 Å². The second-order valence-electron chi connectivity index (χ2n) is 16.5. The molecule has 0 bridgehead atoms. The van der Waals surface area contributed by atoms with Gasteiger partial charge in [0.15, 0.2) is 6.29 Å². The second kappa shape index (κ2) is 11.8. The minimum atomic E-state index is -1.30. The lowest BCUT2D eigenvalue weighted by atomic mass is 9.38. The van der Waals surface area contributed by atoms with Gasteiger partial charge >= 0.3 is 0 Å². The van der Waals surface area contributed by atoms with Gasteiger partial charge in [0.1, 0.15) is 18.3 Å². The molecule has 43 heavy (non-hydrogen) atoms. The zero-order chi connectivity index (χ0) is 31.7. The molecule has 3 unspecified atom stereocenters. The third-order valence-corrected chi connectivity index (χ3v) is 13.6. The Morgan fingerprint density at radius 2 is 1.70 bits per heavy atom. The Morgan fingerprint density at radius 3 is 2.35 bits per heavy atom. The van der Waals surface area contributed by atoms with Gasteiger partial charge in [-0.25, -0.2) is 0 Å². The van der Waals surface area contributed by atoms with Gasteiger partial charge in [-0.2, -0.15) is 0 Å². The van der Waals surface area contributed by atoms with Crippen LogP contribution >= 0.6 is 0 Å². The molecule has 14 atom stereocenters. The van der Waals surface area contributed by atoms with E-state index < -0.39 is 24.6 Å². The first-order valence-electron chi connectivity index (χ1n) is 16.9. The van der Waals surface area contributed by atoms with E-state index in [1.165, 1.54) is 11.1 Å². The van der Waals surface area contributed by atoms with Crippen molar-refractivity contribution in [1.82, 2.24) is 0 Å². The number of ether oxygens (including phenoxy) is 3. The molecule has 4 aliphatic carbocycles. The zero-order valence-corrected chi connectivity index (χ0v) is 28.2. The Bertz CT molecular complexity index is 1080. The van der Waals surface area contributed by atoms with Gasteiger partial charge in [-0.05, 0) is 92.8 Å². The molecule has 4 N–H and O–H groups in total. The van der Waals surface area contributed by atoms with E-state index in [-0.39, 0.29) is 58.4 Å². The standard InChI is InChI=1S/C36H60O7/c1-20(2)11-10-12-21(3)28-24(37)18-36(8)31-26(41-9)17-23-22(34(31,6)15-16-35(28,36)7)13-14-27(33(23,4)5)43-32-30(40)29(39)25(38)19-42-32/h11,17,21-22,24-32,37-40H,10,12-16,18-19H2,1-9H3/t21-,22+,24-,25-,26?,27?,28+,29+,30-,31?,32+,34-,35-,36+/m1/s1. The minimum absolute atomic E-state index is 0.0162. The van der Waals surface area contributed by atoms with Crippen LogP contribution in [0.25, 0.3) is 0 Å². The molecule has 7 nitrogen and oxygen atoms in total. The van der Waals surface area contributed by atoms with Crippen molar-refractivity contribution in [1.29, 1.82) is 0 Å². The monoisotopic (exact) mass is 604 g/mol. The number of rotatable bonds is 7. The summed E-state index contributed by atoms with van der Waals surface area (Å²) in [6.07, 6.45) is 6.43.